The molecule has 2 aliphatic heterocycles. The molecule has 0 bridgehead atoms. The minimum atomic E-state index is 0.418. The summed E-state index contributed by atoms with van der Waals surface area (Å²) in [6.45, 7) is 15.6. The van der Waals surface area contributed by atoms with Crippen LogP contribution in [-0.2, 0) is 19.6 Å². The van der Waals surface area contributed by atoms with Crippen molar-refractivity contribution in [1.82, 2.24) is 24.5 Å². The molecular formula is C21H37N5. The first kappa shape index (κ1) is 19.6. The Labute approximate surface area is 159 Å². The molecule has 2 aliphatic rings. The van der Waals surface area contributed by atoms with E-state index in [0.717, 1.165) is 39.3 Å². The normalized spacial score (nSPS) is 25.7. The van der Waals surface area contributed by atoms with Crippen molar-refractivity contribution in [2.24, 2.45) is 5.41 Å². The minimum Gasteiger partial charge on any atom is -0.306 e. The average molecular weight is 360 g/mol. The summed E-state index contributed by atoms with van der Waals surface area (Å²) in [5.74, 6) is 0. The van der Waals surface area contributed by atoms with Crippen LogP contribution in [0.2, 0.25) is 0 Å². The quantitative estimate of drug-likeness (QED) is 0.730. The van der Waals surface area contributed by atoms with Gasteiger partial charge in [-0.15, -0.1) is 0 Å². The lowest BCUT2D eigenvalue weighted by Gasteiger charge is -2.29. The molecule has 0 saturated carbocycles. The van der Waals surface area contributed by atoms with Crippen molar-refractivity contribution in [3.05, 3.63) is 29.1 Å². The molecule has 1 aromatic heterocycles. The van der Waals surface area contributed by atoms with E-state index >= 15 is 0 Å². The van der Waals surface area contributed by atoms with Gasteiger partial charge in [-0.2, -0.15) is 5.10 Å². The van der Waals surface area contributed by atoms with Crippen molar-refractivity contribution >= 4 is 0 Å². The summed E-state index contributed by atoms with van der Waals surface area (Å²) >= 11 is 0. The first-order valence-corrected chi connectivity index (χ1v) is 10.1. The molecule has 1 atom stereocenters. The van der Waals surface area contributed by atoms with Crippen LogP contribution < -0.4 is 0 Å². The number of likely N-dealkylation sites (tertiary alicyclic amines) is 1. The number of allylic oxidation sites excluding steroid dienone is 1. The van der Waals surface area contributed by atoms with Gasteiger partial charge in [0.25, 0.3) is 0 Å². The maximum Gasteiger partial charge on any atom is 0.0768 e. The minimum absolute atomic E-state index is 0.418. The van der Waals surface area contributed by atoms with Crippen LogP contribution in [0.5, 0.6) is 0 Å². The van der Waals surface area contributed by atoms with Crippen molar-refractivity contribution in [3.63, 3.8) is 0 Å². The van der Waals surface area contributed by atoms with Gasteiger partial charge in [-0.05, 0) is 58.8 Å². The highest BCUT2D eigenvalue weighted by molar-refractivity contribution is 5.12. The second kappa shape index (κ2) is 8.24. The van der Waals surface area contributed by atoms with Gasteiger partial charge in [0.15, 0.2) is 0 Å². The lowest BCUT2D eigenvalue weighted by molar-refractivity contribution is 0.188. The lowest BCUT2D eigenvalue weighted by Crippen LogP contribution is -2.35. The van der Waals surface area contributed by atoms with Gasteiger partial charge in [-0.1, -0.05) is 18.6 Å². The Hall–Kier alpha value is -1.17. The van der Waals surface area contributed by atoms with E-state index in [1.807, 2.05) is 0 Å². The number of hydrogen-bond acceptors (Lipinski definition) is 4. The van der Waals surface area contributed by atoms with Crippen molar-refractivity contribution < 1.29 is 0 Å². The Bertz CT molecular complexity index is 634. The van der Waals surface area contributed by atoms with E-state index in [9.17, 15) is 0 Å². The zero-order chi connectivity index (χ0) is 18.7. The molecule has 26 heavy (non-hydrogen) atoms. The maximum atomic E-state index is 4.92. The van der Waals surface area contributed by atoms with Crippen molar-refractivity contribution in [2.45, 2.75) is 53.2 Å². The topological polar surface area (TPSA) is 27.5 Å². The summed E-state index contributed by atoms with van der Waals surface area (Å²) in [6, 6.07) is 2.34. The molecule has 1 fully saturated rings. The number of hydrogen-bond donors (Lipinski definition) is 0. The van der Waals surface area contributed by atoms with E-state index < -0.39 is 0 Å². The van der Waals surface area contributed by atoms with E-state index in [1.54, 1.807) is 0 Å². The molecular weight excluding hydrogens is 322 g/mol. The first-order valence-electron chi connectivity index (χ1n) is 10.1. The van der Waals surface area contributed by atoms with Gasteiger partial charge in [-0.25, -0.2) is 0 Å². The molecule has 1 saturated heterocycles. The highest BCUT2D eigenvalue weighted by Crippen LogP contribution is 2.30. The summed E-state index contributed by atoms with van der Waals surface area (Å²) in [7, 11) is 4.48. The van der Waals surface area contributed by atoms with Crippen LogP contribution in [0, 0.1) is 5.41 Å². The summed E-state index contributed by atoms with van der Waals surface area (Å²) in [6.07, 6.45) is 4.71. The predicted octanol–water partition coefficient (Wildman–Crippen LogP) is 2.83. The van der Waals surface area contributed by atoms with E-state index in [4.69, 9.17) is 5.10 Å². The Morgan fingerprint density at radius 1 is 1.35 bits per heavy atom. The van der Waals surface area contributed by atoms with Gasteiger partial charge in [0.2, 0.25) is 0 Å². The van der Waals surface area contributed by atoms with Crippen molar-refractivity contribution in [2.75, 3.05) is 46.8 Å². The van der Waals surface area contributed by atoms with E-state index in [1.165, 1.54) is 42.9 Å². The fraction of sp³-hybridized carbons (Fsp3) is 0.762. The highest BCUT2D eigenvalue weighted by Gasteiger charge is 2.33. The molecule has 0 aliphatic carbocycles. The van der Waals surface area contributed by atoms with Crippen LogP contribution in [0.3, 0.4) is 0 Å². The van der Waals surface area contributed by atoms with Crippen molar-refractivity contribution in [3.8, 4) is 0 Å². The number of aromatic nitrogens is 2. The number of fused-ring (bicyclic) bond motifs is 1. The van der Waals surface area contributed by atoms with E-state index in [-0.39, 0.29) is 0 Å². The van der Waals surface area contributed by atoms with Gasteiger partial charge in [-0.3, -0.25) is 14.5 Å². The third-order valence-electron chi connectivity index (χ3n) is 5.94. The number of nitrogens with zero attached hydrogens (tertiary/aromatic N) is 5. The molecule has 146 valence electrons. The maximum absolute atomic E-state index is 4.92. The predicted molar refractivity (Wildman–Crippen MR) is 108 cm³/mol. The monoisotopic (exact) mass is 359 g/mol. The Balaban J connectivity index is 1.60. The van der Waals surface area contributed by atoms with Crippen LogP contribution in [0.1, 0.15) is 45.0 Å². The molecule has 5 nitrogen and oxygen atoms in total. The highest BCUT2D eigenvalue weighted by atomic mass is 15.3. The number of rotatable bonds is 6. The van der Waals surface area contributed by atoms with Crippen LogP contribution in [0.25, 0.3) is 0 Å². The van der Waals surface area contributed by atoms with Crippen LogP contribution in [0.15, 0.2) is 17.7 Å². The van der Waals surface area contributed by atoms with Crippen LogP contribution >= 0.6 is 0 Å². The molecule has 0 N–H and O–H groups in total. The van der Waals surface area contributed by atoms with Gasteiger partial charge in [0, 0.05) is 45.8 Å². The zero-order valence-electron chi connectivity index (χ0n) is 17.5. The number of aryl methyl sites for hydroxylation is 1. The van der Waals surface area contributed by atoms with Gasteiger partial charge in [0.05, 0.1) is 11.4 Å². The van der Waals surface area contributed by atoms with Gasteiger partial charge in [0.1, 0.15) is 0 Å². The third kappa shape index (κ3) is 4.96. The molecule has 1 aromatic rings. The summed E-state index contributed by atoms with van der Waals surface area (Å²) in [5, 5.41) is 4.92. The van der Waals surface area contributed by atoms with Crippen LogP contribution in [-0.4, -0.2) is 71.3 Å². The fourth-order valence-corrected chi connectivity index (χ4v) is 4.63. The first-order chi connectivity index (χ1) is 12.4. The molecule has 5 heteroatoms. The molecule has 3 heterocycles. The molecule has 3 rings (SSSR count). The zero-order valence-corrected chi connectivity index (χ0v) is 17.5. The Kier molecular flexibility index (Phi) is 6.21. The molecule has 0 spiro atoms. The summed E-state index contributed by atoms with van der Waals surface area (Å²) in [5.41, 5.74) is 4.47. The summed E-state index contributed by atoms with van der Waals surface area (Å²) < 4.78 is 2.25. The Morgan fingerprint density at radius 2 is 2.15 bits per heavy atom. The average Bonchev–Trinajstić information content (AvgIpc) is 3.03. The lowest BCUT2D eigenvalue weighted by atomic mass is 9.89. The summed E-state index contributed by atoms with van der Waals surface area (Å²) in [4.78, 5) is 7.47. The van der Waals surface area contributed by atoms with Gasteiger partial charge >= 0.3 is 0 Å². The second-order valence-electron chi connectivity index (χ2n) is 9.02. The molecule has 0 amide bonds. The van der Waals surface area contributed by atoms with Crippen molar-refractivity contribution in [1.29, 1.82) is 0 Å². The standard InChI is InChI=1S/C21H37N5/c1-6-18(2)13-25-9-7-10-26-20(15-25)12-19(22-26)14-24(5)17-21(3)8-11-23(4)16-21/h6,12H,7-11,13-17H2,1-5H3/b18-6+/t21-/m1/s1. The molecule has 0 radical (unpaired) electrons. The molecule has 0 aromatic carbocycles. The SMILES string of the molecule is C/C=C(\C)CN1CCCn2nc(CN(C)C[C@]3(C)CCN(C)C3)cc2C1. The third-order valence-corrected chi connectivity index (χ3v) is 5.94. The largest absolute Gasteiger partial charge is 0.306 e. The van der Waals surface area contributed by atoms with E-state index in [2.05, 4.69) is 66.4 Å². The smallest absolute Gasteiger partial charge is 0.0768 e. The van der Waals surface area contributed by atoms with Crippen LogP contribution in [0.4, 0.5) is 0 Å². The molecule has 0 unspecified atom stereocenters. The Morgan fingerprint density at radius 3 is 2.85 bits per heavy atom. The second-order valence-corrected chi connectivity index (χ2v) is 9.02. The van der Waals surface area contributed by atoms with Gasteiger partial charge < -0.3 is 4.90 Å². The van der Waals surface area contributed by atoms with E-state index in [0.29, 0.717) is 5.41 Å². The fourth-order valence-electron chi connectivity index (χ4n) is 4.63.